The minimum Gasteiger partial charge on any atom is -0.389 e. The summed E-state index contributed by atoms with van der Waals surface area (Å²) in [5.41, 5.74) is 0.603. The molecule has 1 N–H and O–H groups in total. The van der Waals surface area contributed by atoms with Gasteiger partial charge in [-0.1, -0.05) is 6.07 Å². The summed E-state index contributed by atoms with van der Waals surface area (Å²) >= 11 is 0. The zero-order valence-electron chi connectivity index (χ0n) is 9.94. The standard InChI is InChI=1S/C12H17N3O/c1-12(2,16)9-15(3)8-10-5-4-6-14-11(10)7-13/h4-6,16H,8-9H2,1-3H3. The number of aliphatic hydroxyl groups is 1. The van der Waals surface area contributed by atoms with Gasteiger partial charge in [0.25, 0.3) is 0 Å². The van der Waals surface area contributed by atoms with E-state index in [-0.39, 0.29) is 0 Å². The van der Waals surface area contributed by atoms with E-state index in [9.17, 15) is 5.11 Å². The molecule has 1 rings (SSSR count). The smallest absolute Gasteiger partial charge is 0.144 e. The average Bonchev–Trinajstić information content (AvgIpc) is 2.15. The highest BCUT2D eigenvalue weighted by atomic mass is 16.3. The van der Waals surface area contributed by atoms with Gasteiger partial charge < -0.3 is 5.11 Å². The first-order valence-electron chi connectivity index (χ1n) is 5.17. The molecule has 0 spiro atoms. The van der Waals surface area contributed by atoms with Crippen molar-refractivity contribution < 1.29 is 5.11 Å². The van der Waals surface area contributed by atoms with Gasteiger partial charge in [0, 0.05) is 24.8 Å². The van der Waals surface area contributed by atoms with Crippen LogP contribution < -0.4 is 0 Å². The summed E-state index contributed by atoms with van der Waals surface area (Å²) in [6, 6.07) is 5.76. The van der Waals surface area contributed by atoms with Crippen LogP contribution in [0, 0.1) is 11.3 Å². The Labute approximate surface area is 96.2 Å². The molecule has 0 saturated carbocycles. The van der Waals surface area contributed by atoms with E-state index in [4.69, 9.17) is 5.26 Å². The Morgan fingerprint density at radius 1 is 1.56 bits per heavy atom. The van der Waals surface area contributed by atoms with Crippen LogP contribution in [0.2, 0.25) is 0 Å². The molecule has 4 nitrogen and oxygen atoms in total. The van der Waals surface area contributed by atoms with Gasteiger partial charge in [0.05, 0.1) is 5.60 Å². The van der Waals surface area contributed by atoms with Gasteiger partial charge in [0.1, 0.15) is 11.8 Å². The zero-order valence-corrected chi connectivity index (χ0v) is 9.94. The number of rotatable bonds is 4. The molecule has 1 aromatic heterocycles. The molecule has 1 aromatic rings. The molecule has 0 aliphatic heterocycles. The van der Waals surface area contributed by atoms with E-state index in [0.717, 1.165) is 5.56 Å². The van der Waals surface area contributed by atoms with Crippen molar-refractivity contribution in [1.82, 2.24) is 9.88 Å². The fourth-order valence-corrected chi connectivity index (χ4v) is 1.67. The molecule has 0 aliphatic carbocycles. The summed E-state index contributed by atoms with van der Waals surface area (Å²) in [4.78, 5) is 5.97. The van der Waals surface area contributed by atoms with E-state index < -0.39 is 5.60 Å². The Morgan fingerprint density at radius 2 is 2.25 bits per heavy atom. The van der Waals surface area contributed by atoms with Crippen molar-refractivity contribution in [2.24, 2.45) is 0 Å². The monoisotopic (exact) mass is 219 g/mol. The highest BCUT2D eigenvalue weighted by molar-refractivity contribution is 5.30. The molecule has 0 amide bonds. The molecule has 0 aromatic carbocycles. The fraction of sp³-hybridized carbons (Fsp3) is 0.500. The molecule has 0 unspecified atom stereocenters. The van der Waals surface area contributed by atoms with Crippen LogP contribution in [-0.4, -0.2) is 34.2 Å². The van der Waals surface area contributed by atoms with Gasteiger partial charge in [0.15, 0.2) is 0 Å². The second-order valence-electron chi connectivity index (χ2n) is 4.61. The summed E-state index contributed by atoms with van der Waals surface area (Å²) < 4.78 is 0. The van der Waals surface area contributed by atoms with Crippen molar-refractivity contribution >= 4 is 0 Å². The van der Waals surface area contributed by atoms with Gasteiger partial charge in [0.2, 0.25) is 0 Å². The zero-order chi connectivity index (χ0) is 12.2. The van der Waals surface area contributed by atoms with E-state index in [0.29, 0.717) is 18.8 Å². The minimum absolute atomic E-state index is 0.449. The molecular formula is C12H17N3O. The van der Waals surface area contributed by atoms with Crippen molar-refractivity contribution in [3.05, 3.63) is 29.6 Å². The van der Waals surface area contributed by atoms with Crippen molar-refractivity contribution in [1.29, 1.82) is 5.26 Å². The lowest BCUT2D eigenvalue weighted by Gasteiger charge is -2.25. The molecule has 4 heteroatoms. The number of likely N-dealkylation sites (N-methyl/N-ethyl adjacent to an activating group) is 1. The van der Waals surface area contributed by atoms with Crippen LogP contribution in [0.1, 0.15) is 25.1 Å². The lowest BCUT2D eigenvalue weighted by atomic mass is 10.1. The van der Waals surface area contributed by atoms with Gasteiger partial charge in [-0.2, -0.15) is 5.26 Å². The van der Waals surface area contributed by atoms with Crippen LogP contribution in [0.4, 0.5) is 0 Å². The second kappa shape index (κ2) is 5.06. The van der Waals surface area contributed by atoms with Gasteiger partial charge in [-0.05, 0) is 27.0 Å². The maximum absolute atomic E-state index is 9.67. The molecule has 0 aliphatic rings. The molecule has 0 fully saturated rings. The van der Waals surface area contributed by atoms with Crippen molar-refractivity contribution in [2.75, 3.05) is 13.6 Å². The summed E-state index contributed by atoms with van der Waals surface area (Å²) in [5.74, 6) is 0. The number of nitriles is 1. The maximum Gasteiger partial charge on any atom is 0.144 e. The van der Waals surface area contributed by atoms with Crippen LogP contribution >= 0.6 is 0 Å². The first kappa shape index (κ1) is 12.6. The van der Waals surface area contributed by atoms with Gasteiger partial charge >= 0.3 is 0 Å². The van der Waals surface area contributed by atoms with Crippen LogP contribution in [0.3, 0.4) is 0 Å². The molecule has 16 heavy (non-hydrogen) atoms. The van der Waals surface area contributed by atoms with E-state index >= 15 is 0 Å². The first-order chi connectivity index (χ1) is 7.42. The Hall–Kier alpha value is -1.44. The predicted molar refractivity (Wildman–Crippen MR) is 61.6 cm³/mol. The molecule has 0 atom stereocenters. The largest absolute Gasteiger partial charge is 0.389 e. The van der Waals surface area contributed by atoms with Gasteiger partial charge in [-0.15, -0.1) is 0 Å². The summed E-state index contributed by atoms with van der Waals surface area (Å²) in [5, 5.41) is 18.6. The van der Waals surface area contributed by atoms with Gasteiger partial charge in [-0.3, -0.25) is 4.90 Å². The molecule has 86 valence electrons. The van der Waals surface area contributed by atoms with Crippen molar-refractivity contribution in [3.63, 3.8) is 0 Å². The van der Waals surface area contributed by atoms with E-state index in [2.05, 4.69) is 11.1 Å². The van der Waals surface area contributed by atoms with E-state index in [1.54, 1.807) is 20.0 Å². The molecule has 0 radical (unpaired) electrons. The number of nitrogens with zero attached hydrogens (tertiary/aromatic N) is 3. The first-order valence-corrected chi connectivity index (χ1v) is 5.17. The van der Waals surface area contributed by atoms with Crippen molar-refractivity contribution in [3.8, 4) is 6.07 Å². The SMILES string of the molecule is CN(Cc1cccnc1C#N)CC(C)(C)O. The summed E-state index contributed by atoms with van der Waals surface area (Å²) in [6.45, 7) is 4.68. The molecule has 1 heterocycles. The third-order valence-corrected chi connectivity index (χ3v) is 2.09. The minimum atomic E-state index is -0.732. The third kappa shape index (κ3) is 3.97. The normalized spacial score (nSPS) is 11.5. The number of hydrogen-bond donors (Lipinski definition) is 1. The molecular weight excluding hydrogens is 202 g/mol. The number of aromatic nitrogens is 1. The second-order valence-corrected chi connectivity index (χ2v) is 4.61. The Balaban J connectivity index is 2.70. The fourth-order valence-electron chi connectivity index (χ4n) is 1.67. The summed E-state index contributed by atoms with van der Waals surface area (Å²) in [7, 11) is 1.91. The quantitative estimate of drug-likeness (QED) is 0.825. The third-order valence-electron chi connectivity index (χ3n) is 2.09. The Morgan fingerprint density at radius 3 is 2.81 bits per heavy atom. The lowest BCUT2D eigenvalue weighted by molar-refractivity contribution is 0.0424. The Kier molecular flexibility index (Phi) is 3.99. The van der Waals surface area contributed by atoms with Gasteiger partial charge in [-0.25, -0.2) is 4.98 Å². The van der Waals surface area contributed by atoms with Crippen LogP contribution in [-0.2, 0) is 6.54 Å². The number of hydrogen-bond acceptors (Lipinski definition) is 4. The summed E-state index contributed by atoms with van der Waals surface area (Å²) in [6.07, 6.45) is 1.61. The lowest BCUT2D eigenvalue weighted by Crippen LogP contribution is -2.36. The highest BCUT2D eigenvalue weighted by Crippen LogP contribution is 2.10. The van der Waals surface area contributed by atoms with Crippen molar-refractivity contribution in [2.45, 2.75) is 26.0 Å². The Bertz CT molecular complexity index is 390. The van der Waals surface area contributed by atoms with Crippen LogP contribution in [0.25, 0.3) is 0 Å². The average molecular weight is 219 g/mol. The maximum atomic E-state index is 9.67. The van der Waals surface area contributed by atoms with Crippen LogP contribution in [0.5, 0.6) is 0 Å². The highest BCUT2D eigenvalue weighted by Gasteiger charge is 2.16. The molecule has 0 bridgehead atoms. The predicted octanol–water partition coefficient (Wildman–Crippen LogP) is 1.16. The van der Waals surface area contributed by atoms with E-state index in [1.165, 1.54) is 0 Å². The van der Waals surface area contributed by atoms with Crippen LogP contribution in [0.15, 0.2) is 18.3 Å². The number of pyridine rings is 1. The topological polar surface area (TPSA) is 60.2 Å². The van der Waals surface area contributed by atoms with E-state index in [1.807, 2.05) is 24.1 Å². The molecule has 0 saturated heterocycles.